The van der Waals surface area contributed by atoms with Crippen LogP contribution in [0.5, 0.6) is 5.75 Å². The molecule has 0 aliphatic carbocycles. The number of fused-ring (bicyclic) bond motifs is 1. The molecule has 4 rings (SSSR count). The molecule has 2 aromatic heterocycles. The van der Waals surface area contributed by atoms with Crippen LogP contribution >= 0.6 is 0 Å². The van der Waals surface area contributed by atoms with E-state index in [1.54, 1.807) is 0 Å². The van der Waals surface area contributed by atoms with E-state index in [-0.39, 0.29) is 0 Å². The van der Waals surface area contributed by atoms with Gasteiger partial charge in [-0.2, -0.15) is 0 Å². The van der Waals surface area contributed by atoms with Gasteiger partial charge in [-0.05, 0) is 53.9 Å². The number of anilines is 1. The maximum Gasteiger partial charge on any atom is 0.120 e. The fourth-order valence-corrected chi connectivity index (χ4v) is 3.73. The van der Waals surface area contributed by atoms with Crippen LogP contribution in [0.2, 0.25) is 0 Å². The van der Waals surface area contributed by atoms with E-state index in [4.69, 9.17) is 4.74 Å². The fourth-order valence-electron chi connectivity index (χ4n) is 3.73. The van der Waals surface area contributed by atoms with Gasteiger partial charge in [0.15, 0.2) is 0 Å². The Balaban J connectivity index is 1.32. The van der Waals surface area contributed by atoms with Gasteiger partial charge in [0.2, 0.25) is 0 Å². The molecule has 0 N–H and O–H groups in total. The van der Waals surface area contributed by atoms with Gasteiger partial charge < -0.3 is 9.64 Å². The number of pyridine rings is 2. The Morgan fingerprint density at radius 1 is 1.00 bits per heavy atom. The Bertz CT molecular complexity index is 918. The average Bonchev–Trinajstić information content (AvgIpc) is 2.78. The van der Waals surface area contributed by atoms with Crippen molar-refractivity contribution in [3.05, 3.63) is 90.0 Å². The summed E-state index contributed by atoms with van der Waals surface area (Å²) in [5.74, 6) is 0.932. The Labute approximate surface area is 178 Å². The maximum atomic E-state index is 6.06. The molecule has 0 saturated heterocycles. The lowest BCUT2D eigenvalue weighted by molar-refractivity contribution is 0.221. The number of likely N-dealkylation sites (N-methyl/N-ethyl adjacent to an activating group) is 1. The fraction of sp³-hybridized carbons (Fsp3) is 0.280. The van der Waals surface area contributed by atoms with Gasteiger partial charge in [0.05, 0.1) is 6.61 Å². The molecular weight excluding hydrogens is 372 g/mol. The largest absolute Gasteiger partial charge is 0.494 e. The Kier molecular flexibility index (Phi) is 6.72. The third-order valence-corrected chi connectivity index (χ3v) is 5.26. The summed E-state index contributed by atoms with van der Waals surface area (Å²) < 4.78 is 6.06. The van der Waals surface area contributed by atoms with Crippen molar-refractivity contribution in [2.24, 2.45) is 0 Å². The smallest absolute Gasteiger partial charge is 0.120 e. The predicted molar refractivity (Wildman–Crippen MR) is 121 cm³/mol. The van der Waals surface area contributed by atoms with Crippen LogP contribution in [-0.4, -0.2) is 41.6 Å². The van der Waals surface area contributed by atoms with E-state index in [9.17, 15) is 0 Å². The zero-order valence-electron chi connectivity index (χ0n) is 17.4. The zero-order chi connectivity index (χ0) is 20.6. The van der Waals surface area contributed by atoms with Gasteiger partial charge in [0, 0.05) is 69.3 Å². The second kappa shape index (κ2) is 10.0. The number of hydrogen-bond acceptors (Lipinski definition) is 5. The predicted octanol–water partition coefficient (Wildman–Crippen LogP) is 4.41. The van der Waals surface area contributed by atoms with Crippen molar-refractivity contribution in [2.45, 2.75) is 19.5 Å². The first-order valence-electron chi connectivity index (χ1n) is 10.4. The lowest BCUT2D eigenvalue weighted by atomic mass is 10.1. The molecule has 0 spiro atoms. The highest BCUT2D eigenvalue weighted by Crippen LogP contribution is 2.28. The van der Waals surface area contributed by atoms with Crippen molar-refractivity contribution < 1.29 is 4.74 Å². The minimum Gasteiger partial charge on any atom is -0.494 e. The highest BCUT2D eigenvalue weighted by molar-refractivity contribution is 5.72. The minimum absolute atomic E-state index is 0.693. The van der Waals surface area contributed by atoms with Crippen molar-refractivity contribution in [2.75, 3.05) is 31.6 Å². The minimum atomic E-state index is 0.693. The summed E-state index contributed by atoms with van der Waals surface area (Å²) in [6.45, 7) is 4.35. The number of rotatable bonds is 9. The number of nitrogens with zero attached hydrogens (tertiary/aromatic N) is 4. The van der Waals surface area contributed by atoms with Crippen LogP contribution in [0.15, 0.2) is 73.3 Å². The van der Waals surface area contributed by atoms with E-state index in [2.05, 4.69) is 75.4 Å². The molecule has 3 heterocycles. The second-order valence-electron chi connectivity index (χ2n) is 7.63. The summed E-state index contributed by atoms with van der Waals surface area (Å²) in [5.41, 5.74) is 4.96. The van der Waals surface area contributed by atoms with E-state index >= 15 is 0 Å². The summed E-state index contributed by atoms with van der Waals surface area (Å²) in [4.78, 5) is 13.1. The van der Waals surface area contributed by atoms with Gasteiger partial charge in [-0.25, -0.2) is 0 Å². The molecule has 3 aromatic rings. The molecular formula is C25H28N4O. The molecule has 0 bridgehead atoms. The van der Waals surface area contributed by atoms with E-state index in [0.717, 1.165) is 38.3 Å². The molecule has 5 nitrogen and oxygen atoms in total. The monoisotopic (exact) mass is 400 g/mol. The first-order valence-corrected chi connectivity index (χ1v) is 10.4. The summed E-state index contributed by atoms with van der Waals surface area (Å²) in [6, 6.07) is 14.6. The molecule has 1 aliphatic heterocycles. The first-order chi connectivity index (χ1) is 14.8. The number of ether oxygens (including phenoxy) is 1. The molecule has 1 aliphatic rings. The molecule has 0 unspecified atom stereocenters. The van der Waals surface area contributed by atoms with E-state index in [0.29, 0.717) is 6.61 Å². The molecule has 0 fully saturated rings. The van der Waals surface area contributed by atoms with Crippen molar-refractivity contribution >= 4 is 11.8 Å². The molecule has 154 valence electrons. The molecule has 0 radical (unpaired) electrons. The van der Waals surface area contributed by atoms with E-state index in [1.807, 2.05) is 30.9 Å². The van der Waals surface area contributed by atoms with Gasteiger partial charge in [-0.3, -0.25) is 14.9 Å². The third kappa shape index (κ3) is 5.45. The number of aromatic nitrogens is 2. The first kappa shape index (κ1) is 20.1. The molecule has 0 atom stereocenters. The zero-order valence-corrected chi connectivity index (χ0v) is 17.4. The molecule has 30 heavy (non-hydrogen) atoms. The van der Waals surface area contributed by atoms with Crippen LogP contribution in [0.1, 0.15) is 23.1 Å². The van der Waals surface area contributed by atoms with Crippen molar-refractivity contribution in [1.29, 1.82) is 0 Å². The number of benzene rings is 1. The van der Waals surface area contributed by atoms with Gasteiger partial charge in [0.1, 0.15) is 5.75 Å². The SMILES string of the molecule is CN1CC=Cc2cc(OCCCN(Cc3ccncc3)Cc3cccnc3)ccc21. The van der Waals surface area contributed by atoms with Crippen LogP contribution in [0.3, 0.4) is 0 Å². The van der Waals surface area contributed by atoms with Crippen LogP contribution < -0.4 is 9.64 Å². The maximum absolute atomic E-state index is 6.06. The summed E-state index contributed by atoms with van der Waals surface area (Å²) >= 11 is 0. The van der Waals surface area contributed by atoms with Crippen LogP contribution in [-0.2, 0) is 13.1 Å². The van der Waals surface area contributed by atoms with Crippen LogP contribution in [0.25, 0.3) is 6.08 Å². The Morgan fingerprint density at radius 3 is 2.70 bits per heavy atom. The van der Waals surface area contributed by atoms with Gasteiger partial charge >= 0.3 is 0 Å². The highest BCUT2D eigenvalue weighted by atomic mass is 16.5. The van der Waals surface area contributed by atoms with Gasteiger partial charge in [0.25, 0.3) is 0 Å². The third-order valence-electron chi connectivity index (χ3n) is 5.26. The molecule has 0 amide bonds. The lowest BCUT2D eigenvalue weighted by Crippen LogP contribution is -2.25. The topological polar surface area (TPSA) is 41.5 Å². The summed E-state index contributed by atoms with van der Waals surface area (Å²) in [5, 5.41) is 0. The quantitative estimate of drug-likeness (QED) is 0.498. The standard InChI is InChI=1S/C25H28N4O/c1-28-14-3-6-23-17-24(7-8-25(23)28)30-16-4-15-29(19-21-9-12-26-13-10-21)20-22-5-2-11-27-18-22/h2-3,5-13,17-18H,4,14-16,19-20H2,1H3. The van der Waals surface area contributed by atoms with Crippen molar-refractivity contribution in [3.63, 3.8) is 0 Å². The average molecular weight is 401 g/mol. The van der Waals surface area contributed by atoms with Gasteiger partial charge in [-0.15, -0.1) is 0 Å². The van der Waals surface area contributed by atoms with Crippen molar-refractivity contribution in [1.82, 2.24) is 14.9 Å². The summed E-state index contributed by atoms with van der Waals surface area (Å²) in [6.07, 6.45) is 12.8. The Hall–Kier alpha value is -3.18. The van der Waals surface area contributed by atoms with Crippen LogP contribution in [0.4, 0.5) is 5.69 Å². The van der Waals surface area contributed by atoms with E-state index < -0.39 is 0 Å². The highest BCUT2D eigenvalue weighted by Gasteiger charge is 2.11. The van der Waals surface area contributed by atoms with E-state index in [1.165, 1.54) is 22.4 Å². The number of hydrogen-bond donors (Lipinski definition) is 0. The van der Waals surface area contributed by atoms with Gasteiger partial charge in [-0.1, -0.05) is 18.2 Å². The molecule has 5 heteroatoms. The lowest BCUT2D eigenvalue weighted by Gasteiger charge is -2.24. The van der Waals surface area contributed by atoms with Crippen LogP contribution in [0, 0.1) is 0 Å². The molecule has 0 saturated carbocycles. The Morgan fingerprint density at radius 2 is 1.87 bits per heavy atom. The second-order valence-corrected chi connectivity index (χ2v) is 7.63. The summed E-state index contributed by atoms with van der Waals surface area (Å²) in [7, 11) is 2.11. The normalized spacial score (nSPS) is 12.8. The molecule has 1 aromatic carbocycles. The van der Waals surface area contributed by atoms with Crippen molar-refractivity contribution in [3.8, 4) is 5.75 Å².